The lowest BCUT2D eigenvalue weighted by Gasteiger charge is -2.36. The van der Waals surface area contributed by atoms with Crippen molar-refractivity contribution in [1.82, 2.24) is 9.80 Å². The first-order valence-corrected chi connectivity index (χ1v) is 4.91. The van der Waals surface area contributed by atoms with Crippen LogP contribution in [0.5, 0.6) is 0 Å². The summed E-state index contributed by atoms with van der Waals surface area (Å²) in [5, 5.41) is 0. The molecule has 14 heavy (non-hydrogen) atoms. The molecule has 80 valence electrons. The molecule has 2 amide bonds. The highest BCUT2D eigenvalue weighted by atomic mass is 16.2. The summed E-state index contributed by atoms with van der Waals surface area (Å²) >= 11 is 0. The number of carbonyl (C=O) groups excluding carboxylic acids is 2. The van der Waals surface area contributed by atoms with E-state index in [1.54, 1.807) is 9.80 Å². The SMILES string of the molecule is CCN1CCN(C(C)CN)C(=O)C1=O. The highest BCUT2D eigenvalue weighted by Gasteiger charge is 2.33. The van der Waals surface area contributed by atoms with Crippen molar-refractivity contribution in [2.45, 2.75) is 19.9 Å². The largest absolute Gasteiger partial charge is 0.333 e. The number of hydrogen-bond acceptors (Lipinski definition) is 3. The van der Waals surface area contributed by atoms with Gasteiger partial charge in [0.25, 0.3) is 0 Å². The zero-order chi connectivity index (χ0) is 10.7. The minimum Gasteiger partial charge on any atom is -0.333 e. The van der Waals surface area contributed by atoms with Crippen LogP contribution >= 0.6 is 0 Å². The number of carbonyl (C=O) groups is 2. The summed E-state index contributed by atoms with van der Waals surface area (Å²) in [6.07, 6.45) is 0. The first-order valence-electron chi connectivity index (χ1n) is 4.91. The Balaban J connectivity index is 2.69. The van der Waals surface area contributed by atoms with Crippen molar-refractivity contribution in [3.63, 3.8) is 0 Å². The van der Waals surface area contributed by atoms with Crippen LogP contribution in [-0.2, 0) is 9.59 Å². The summed E-state index contributed by atoms with van der Waals surface area (Å²) in [5.74, 6) is -0.824. The third-order valence-corrected chi connectivity index (χ3v) is 2.60. The van der Waals surface area contributed by atoms with Crippen LogP contribution in [0.3, 0.4) is 0 Å². The fourth-order valence-electron chi connectivity index (χ4n) is 1.54. The van der Waals surface area contributed by atoms with E-state index in [1.165, 1.54) is 0 Å². The molecule has 2 N–H and O–H groups in total. The molecular weight excluding hydrogens is 182 g/mol. The predicted molar refractivity (Wildman–Crippen MR) is 52.5 cm³/mol. The number of amides is 2. The van der Waals surface area contributed by atoms with E-state index in [1.807, 2.05) is 13.8 Å². The lowest BCUT2D eigenvalue weighted by atomic mass is 10.2. The quantitative estimate of drug-likeness (QED) is 0.594. The molecule has 5 nitrogen and oxygen atoms in total. The molecule has 0 saturated carbocycles. The molecule has 1 heterocycles. The molecule has 0 aromatic heterocycles. The molecule has 0 spiro atoms. The van der Waals surface area contributed by atoms with Crippen LogP contribution in [-0.4, -0.2) is 53.8 Å². The Morgan fingerprint density at radius 1 is 1.36 bits per heavy atom. The second-order valence-corrected chi connectivity index (χ2v) is 3.47. The second kappa shape index (κ2) is 4.41. The van der Waals surface area contributed by atoms with Gasteiger partial charge >= 0.3 is 11.8 Å². The van der Waals surface area contributed by atoms with E-state index < -0.39 is 11.8 Å². The van der Waals surface area contributed by atoms with Crippen LogP contribution < -0.4 is 5.73 Å². The van der Waals surface area contributed by atoms with Gasteiger partial charge in [-0.2, -0.15) is 0 Å². The van der Waals surface area contributed by atoms with E-state index in [9.17, 15) is 9.59 Å². The fraction of sp³-hybridized carbons (Fsp3) is 0.778. The molecule has 0 aromatic rings. The van der Waals surface area contributed by atoms with Gasteiger partial charge in [0.15, 0.2) is 0 Å². The Kier molecular flexibility index (Phi) is 3.46. The maximum absolute atomic E-state index is 11.6. The van der Waals surface area contributed by atoms with Crippen molar-refractivity contribution in [2.24, 2.45) is 5.73 Å². The second-order valence-electron chi connectivity index (χ2n) is 3.47. The Hall–Kier alpha value is -1.10. The van der Waals surface area contributed by atoms with Gasteiger partial charge in [-0.05, 0) is 13.8 Å². The van der Waals surface area contributed by atoms with E-state index in [2.05, 4.69) is 0 Å². The van der Waals surface area contributed by atoms with Crippen molar-refractivity contribution in [1.29, 1.82) is 0 Å². The van der Waals surface area contributed by atoms with E-state index in [0.29, 0.717) is 26.2 Å². The summed E-state index contributed by atoms with van der Waals surface area (Å²) in [5.41, 5.74) is 5.46. The average molecular weight is 199 g/mol. The average Bonchev–Trinajstić information content (AvgIpc) is 2.21. The van der Waals surface area contributed by atoms with Gasteiger partial charge in [-0.15, -0.1) is 0 Å². The number of rotatable bonds is 3. The monoisotopic (exact) mass is 199 g/mol. The molecule has 0 bridgehead atoms. The minimum atomic E-state index is -0.420. The smallest absolute Gasteiger partial charge is 0.312 e. The van der Waals surface area contributed by atoms with Gasteiger partial charge in [-0.1, -0.05) is 0 Å². The normalized spacial score (nSPS) is 20.2. The van der Waals surface area contributed by atoms with Crippen molar-refractivity contribution in [3.05, 3.63) is 0 Å². The number of likely N-dealkylation sites (N-methyl/N-ethyl adjacent to an activating group) is 1. The highest BCUT2D eigenvalue weighted by Crippen LogP contribution is 2.07. The lowest BCUT2D eigenvalue weighted by Crippen LogP contribution is -2.57. The highest BCUT2D eigenvalue weighted by molar-refractivity contribution is 6.35. The Morgan fingerprint density at radius 3 is 2.50 bits per heavy atom. The number of nitrogens with two attached hydrogens (primary N) is 1. The Morgan fingerprint density at radius 2 is 2.00 bits per heavy atom. The predicted octanol–water partition coefficient (Wildman–Crippen LogP) is -0.976. The lowest BCUT2D eigenvalue weighted by molar-refractivity contribution is -0.157. The van der Waals surface area contributed by atoms with Crippen LogP contribution in [0.1, 0.15) is 13.8 Å². The number of hydrogen-bond donors (Lipinski definition) is 1. The van der Waals surface area contributed by atoms with Gasteiger partial charge in [0.1, 0.15) is 0 Å². The van der Waals surface area contributed by atoms with Gasteiger partial charge in [-0.25, -0.2) is 0 Å². The van der Waals surface area contributed by atoms with Gasteiger partial charge in [0.05, 0.1) is 0 Å². The maximum atomic E-state index is 11.6. The molecule has 0 aromatic carbocycles. The van der Waals surface area contributed by atoms with E-state index in [4.69, 9.17) is 5.73 Å². The van der Waals surface area contributed by atoms with Crippen molar-refractivity contribution < 1.29 is 9.59 Å². The maximum Gasteiger partial charge on any atom is 0.312 e. The Labute approximate surface area is 83.8 Å². The van der Waals surface area contributed by atoms with Crippen LogP contribution in [0.25, 0.3) is 0 Å². The van der Waals surface area contributed by atoms with Gasteiger partial charge < -0.3 is 15.5 Å². The molecule has 1 atom stereocenters. The zero-order valence-corrected chi connectivity index (χ0v) is 8.69. The zero-order valence-electron chi connectivity index (χ0n) is 8.69. The number of piperazine rings is 1. The number of nitrogens with zero attached hydrogens (tertiary/aromatic N) is 2. The molecule has 5 heteroatoms. The van der Waals surface area contributed by atoms with Crippen LogP contribution in [0.4, 0.5) is 0 Å². The third-order valence-electron chi connectivity index (χ3n) is 2.60. The van der Waals surface area contributed by atoms with Gasteiger partial charge in [-0.3, -0.25) is 9.59 Å². The van der Waals surface area contributed by atoms with Crippen LogP contribution in [0, 0.1) is 0 Å². The molecular formula is C9H17N3O2. The van der Waals surface area contributed by atoms with Crippen LogP contribution in [0.15, 0.2) is 0 Å². The molecule has 1 aliphatic heterocycles. The molecule has 1 saturated heterocycles. The first-order chi connectivity index (χ1) is 6.61. The topological polar surface area (TPSA) is 66.6 Å². The molecule has 0 aliphatic carbocycles. The summed E-state index contributed by atoms with van der Waals surface area (Å²) in [7, 11) is 0. The Bertz CT molecular complexity index is 242. The first kappa shape index (κ1) is 11.0. The van der Waals surface area contributed by atoms with Crippen molar-refractivity contribution in [2.75, 3.05) is 26.2 Å². The third kappa shape index (κ3) is 1.87. The fourth-order valence-corrected chi connectivity index (χ4v) is 1.54. The molecule has 0 radical (unpaired) electrons. The minimum absolute atomic E-state index is 0.0505. The standard InChI is InChI=1S/C9H17N3O2/c1-3-11-4-5-12(7(2)6-10)9(14)8(11)13/h7H,3-6,10H2,1-2H3. The summed E-state index contributed by atoms with van der Waals surface area (Å²) < 4.78 is 0. The summed E-state index contributed by atoms with van der Waals surface area (Å²) in [6.45, 7) is 5.92. The summed E-state index contributed by atoms with van der Waals surface area (Å²) in [6, 6.07) is -0.0505. The van der Waals surface area contributed by atoms with E-state index in [-0.39, 0.29) is 6.04 Å². The van der Waals surface area contributed by atoms with Gasteiger partial charge in [0, 0.05) is 32.2 Å². The van der Waals surface area contributed by atoms with E-state index >= 15 is 0 Å². The molecule has 1 aliphatic rings. The summed E-state index contributed by atoms with van der Waals surface area (Å²) in [4.78, 5) is 26.2. The van der Waals surface area contributed by atoms with Crippen molar-refractivity contribution in [3.8, 4) is 0 Å². The van der Waals surface area contributed by atoms with E-state index in [0.717, 1.165) is 0 Å². The molecule has 1 fully saturated rings. The van der Waals surface area contributed by atoms with Crippen molar-refractivity contribution >= 4 is 11.8 Å². The molecule has 1 rings (SSSR count). The molecule has 1 unspecified atom stereocenters. The van der Waals surface area contributed by atoms with Crippen LogP contribution in [0.2, 0.25) is 0 Å². The van der Waals surface area contributed by atoms with Gasteiger partial charge in [0.2, 0.25) is 0 Å².